The Kier molecular flexibility index (Phi) is 40.0. The first-order valence-corrected chi connectivity index (χ1v) is 24.5. The van der Waals surface area contributed by atoms with Crippen molar-refractivity contribution in [1.29, 1.82) is 0 Å². The molecule has 0 aliphatic carbocycles. The molecule has 0 aliphatic rings. The van der Waals surface area contributed by atoms with Crippen molar-refractivity contribution >= 4 is 45.3 Å². The molecule has 0 aromatic heterocycles. The van der Waals surface area contributed by atoms with Crippen LogP contribution in [0, 0.1) is 0 Å². The Morgan fingerprint density at radius 3 is 0.796 bits per heavy atom. The second kappa shape index (κ2) is 41.1. The average molecular weight is 803 g/mol. The normalized spacial score (nSPS) is 12.4. The highest BCUT2D eigenvalue weighted by molar-refractivity contribution is 8.76. The molecule has 8 N–H and O–H groups in total. The molecule has 0 saturated heterocycles. The maximum absolute atomic E-state index is 12.3. The van der Waals surface area contributed by atoms with Gasteiger partial charge in [-0.2, -0.15) is 0 Å². The zero-order chi connectivity index (χ0) is 39.7. The number of aliphatic carboxylic acids is 2. The van der Waals surface area contributed by atoms with Crippen molar-refractivity contribution < 1.29 is 29.4 Å². The first-order chi connectivity index (χ1) is 26.2. The van der Waals surface area contributed by atoms with Gasteiger partial charge in [-0.15, -0.1) is 0 Å². The quantitative estimate of drug-likeness (QED) is 0.0256. The number of nitrogens with two attached hydrogens (primary N) is 2. The van der Waals surface area contributed by atoms with Crippen molar-refractivity contribution in [2.24, 2.45) is 11.5 Å². The van der Waals surface area contributed by atoms with Gasteiger partial charge < -0.3 is 32.3 Å². The van der Waals surface area contributed by atoms with Crippen LogP contribution >= 0.6 is 21.6 Å². The van der Waals surface area contributed by atoms with Crippen molar-refractivity contribution in [3.8, 4) is 0 Å². The predicted octanol–water partition coefficient (Wildman–Crippen LogP) is 9.91. The fourth-order valence-electron chi connectivity index (χ4n) is 6.48. The van der Waals surface area contributed by atoms with E-state index in [1.54, 1.807) is 0 Å². The SMILES string of the molecule is NC(CSSCC(N)C(=O)NCCCCCCCCCCCCCCCCCC(=O)O)C(=O)NCCCCCCCCCCCCCCCCCC(=O)O. The van der Waals surface area contributed by atoms with Gasteiger partial charge >= 0.3 is 11.9 Å². The third-order valence-electron chi connectivity index (χ3n) is 9.99. The van der Waals surface area contributed by atoms with E-state index in [9.17, 15) is 19.2 Å². The van der Waals surface area contributed by atoms with Gasteiger partial charge in [0.1, 0.15) is 0 Å². The zero-order valence-corrected chi connectivity index (χ0v) is 35.7. The summed E-state index contributed by atoms with van der Waals surface area (Å²) in [4.78, 5) is 45.7. The lowest BCUT2D eigenvalue weighted by molar-refractivity contribution is -0.138. The Balaban J connectivity index is 3.45. The minimum absolute atomic E-state index is 0.116. The second-order valence-corrected chi connectivity index (χ2v) is 17.8. The molecule has 318 valence electrons. The lowest BCUT2D eigenvalue weighted by Gasteiger charge is -2.14. The van der Waals surface area contributed by atoms with Crippen molar-refractivity contribution in [2.45, 2.75) is 218 Å². The maximum atomic E-state index is 12.3. The maximum Gasteiger partial charge on any atom is 0.303 e. The number of carbonyl (C=O) groups is 4. The number of carbonyl (C=O) groups excluding carboxylic acids is 2. The molecule has 0 radical (unpaired) electrons. The first kappa shape index (κ1) is 52.5. The number of nitrogens with one attached hydrogen (secondary N) is 2. The van der Waals surface area contributed by atoms with E-state index < -0.39 is 24.0 Å². The van der Waals surface area contributed by atoms with E-state index in [1.807, 2.05) is 0 Å². The summed E-state index contributed by atoms with van der Waals surface area (Å²) in [5.74, 6) is -0.629. The molecule has 0 fully saturated rings. The van der Waals surface area contributed by atoms with Crippen LogP contribution in [0.2, 0.25) is 0 Å². The van der Waals surface area contributed by atoms with Crippen LogP contribution in [0.3, 0.4) is 0 Å². The Morgan fingerprint density at radius 2 is 0.574 bits per heavy atom. The number of rotatable bonds is 43. The molecular formula is C42H82N4O6S2. The highest BCUT2D eigenvalue weighted by atomic mass is 33.1. The van der Waals surface area contributed by atoms with Gasteiger partial charge in [0.25, 0.3) is 0 Å². The topological polar surface area (TPSA) is 185 Å². The van der Waals surface area contributed by atoms with Crippen molar-refractivity contribution in [3.63, 3.8) is 0 Å². The summed E-state index contributed by atoms with van der Waals surface area (Å²) < 4.78 is 0. The van der Waals surface area contributed by atoms with Gasteiger partial charge in [0.2, 0.25) is 11.8 Å². The minimum Gasteiger partial charge on any atom is -0.481 e. The van der Waals surface area contributed by atoms with Gasteiger partial charge in [-0.25, -0.2) is 0 Å². The van der Waals surface area contributed by atoms with E-state index in [1.165, 1.54) is 150 Å². The largest absolute Gasteiger partial charge is 0.481 e. The van der Waals surface area contributed by atoms with E-state index in [-0.39, 0.29) is 11.8 Å². The van der Waals surface area contributed by atoms with Crippen LogP contribution < -0.4 is 22.1 Å². The zero-order valence-electron chi connectivity index (χ0n) is 34.1. The highest BCUT2D eigenvalue weighted by Gasteiger charge is 2.16. The van der Waals surface area contributed by atoms with Crippen LogP contribution in [-0.4, -0.2) is 70.6 Å². The molecule has 2 unspecified atom stereocenters. The summed E-state index contributed by atoms with van der Waals surface area (Å²) in [5, 5.41) is 23.2. The summed E-state index contributed by atoms with van der Waals surface area (Å²) in [6.07, 6.45) is 36.4. The van der Waals surface area contributed by atoms with Crippen LogP contribution in [0.1, 0.15) is 205 Å². The third-order valence-corrected chi connectivity index (χ3v) is 12.5. The number of unbranched alkanes of at least 4 members (excludes halogenated alkanes) is 28. The fraction of sp³-hybridized carbons (Fsp3) is 0.905. The standard InChI is InChI=1S/C42H82N4O6S2/c43-37(41(51)45-33-29-25-21-17-13-9-5-1-3-7-11-15-19-23-27-31-39(47)48)35-53-54-36-38(44)42(52)46-34-30-26-22-18-14-10-6-2-4-8-12-16-20-24-28-32-40(49)50/h37-38H,1-36,43-44H2,(H,45,51)(H,46,52)(H,47,48)(H,49,50). The third kappa shape index (κ3) is 40.2. The van der Waals surface area contributed by atoms with E-state index in [0.717, 1.165) is 64.2 Å². The van der Waals surface area contributed by atoms with Gasteiger partial charge in [0.05, 0.1) is 12.1 Å². The van der Waals surface area contributed by atoms with Crippen molar-refractivity contribution in [3.05, 3.63) is 0 Å². The van der Waals surface area contributed by atoms with Crippen LogP contribution in [-0.2, 0) is 19.2 Å². The van der Waals surface area contributed by atoms with Gasteiger partial charge in [0, 0.05) is 37.4 Å². The van der Waals surface area contributed by atoms with Gasteiger partial charge in [-0.05, 0) is 25.7 Å². The second-order valence-electron chi connectivity index (χ2n) is 15.3. The Labute approximate surface area is 337 Å². The lowest BCUT2D eigenvalue weighted by Crippen LogP contribution is -2.43. The smallest absolute Gasteiger partial charge is 0.303 e. The van der Waals surface area contributed by atoms with E-state index >= 15 is 0 Å². The molecular weight excluding hydrogens is 721 g/mol. The van der Waals surface area contributed by atoms with Crippen LogP contribution in [0.5, 0.6) is 0 Å². The summed E-state index contributed by atoms with van der Waals surface area (Å²) >= 11 is 0. The molecule has 0 aliphatic heterocycles. The summed E-state index contributed by atoms with van der Waals surface area (Å²) in [6, 6.07) is -1.14. The molecule has 2 atom stereocenters. The minimum atomic E-state index is -0.683. The summed E-state index contributed by atoms with van der Waals surface area (Å²) in [5.41, 5.74) is 12.1. The summed E-state index contributed by atoms with van der Waals surface area (Å²) in [7, 11) is 2.98. The molecule has 10 nitrogen and oxygen atoms in total. The van der Waals surface area contributed by atoms with Crippen LogP contribution in [0.15, 0.2) is 0 Å². The van der Waals surface area contributed by atoms with Crippen molar-refractivity contribution in [2.75, 3.05) is 24.6 Å². The van der Waals surface area contributed by atoms with Crippen LogP contribution in [0.4, 0.5) is 0 Å². The molecule has 12 heteroatoms. The van der Waals surface area contributed by atoms with Gasteiger partial charge in [-0.3, -0.25) is 19.2 Å². The van der Waals surface area contributed by atoms with Crippen LogP contribution in [0.25, 0.3) is 0 Å². The number of hydrogen-bond donors (Lipinski definition) is 6. The highest BCUT2D eigenvalue weighted by Crippen LogP contribution is 2.22. The molecule has 0 heterocycles. The molecule has 0 rings (SSSR count). The number of carboxylic acid groups (broad SMARTS) is 2. The molecule has 0 aromatic carbocycles. The molecule has 0 saturated carbocycles. The lowest BCUT2D eigenvalue weighted by atomic mass is 10.0. The number of amides is 2. The predicted molar refractivity (Wildman–Crippen MR) is 230 cm³/mol. The van der Waals surface area contributed by atoms with Crippen molar-refractivity contribution in [1.82, 2.24) is 10.6 Å². The van der Waals surface area contributed by atoms with Gasteiger partial charge in [-0.1, -0.05) is 189 Å². The molecule has 54 heavy (non-hydrogen) atoms. The summed E-state index contributed by atoms with van der Waals surface area (Å²) in [6.45, 7) is 1.33. The Hall–Kier alpha value is -1.50. The molecule has 0 spiro atoms. The molecule has 0 bridgehead atoms. The van der Waals surface area contributed by atoms with E-state index in [2.05, 4.69) is 10.6 Å². The monoisotopic (exact) mass is 803 g/mol. The van der Waals surface area contributed by atoms with Gasteiger partial charge in [0.15, 0.2) is 0 Å². The number of hydrogen-bond acceptors (Lipinski definition) is 8. The molecule has 0 aromatic rings. The van der Waals surface area contributed by atoms with E-state index in [4.69, 9.17) is 21.7 Å². The Morgan fingerprint density at radius 1 is 0.370 bits per heavy atom. The first-order valence-electron chi connectivity index (χ1n) is 22.0. The number of carboxylic acids is 2. The molecule has 2 amide bonds. The fourth-order valence-corrected chi connectivity index (χ4v) is 8.72. The average Bonchev–Trinajstić information content (AvgIpc) is 3.14. The Bertz CT molecular complexity index is 831. The van der Waals surface area contributed by atoms with E-state index in [0.29, 0.717) is 37.4 Å².